The molecule has 4 rings (SSSR count). The molecule has 1 aromatic carbocycles. The summed E-state index contributed by atoms with van der Waals surface area (Å²) in [6.07, 6.45) is 2.41. The van der Waals surface area contributed by atoms with Crippen LogP contribution < -0.4 is 10.5 Å². The fourth-order valence-electron chi connectivity index (χ4n) is 3.03. The van der Waals surface area contributed by atoms with E-state index >= 15 is 0 Å². The van der Waals surface area contributed by atoms with Crippen LogP contribution in [-0.4, -0.2) is 48.8 Å². The van der Waals surface area contributed by atoms with Gasteiger partial charge in [0.25, 0.3) is 0 Å². The predicted octanol–water partition coefficient (Wildman–Crippen LogP) is 3.50. The standard InChI is InChI=1S/C22H22FN7O2/c1-13(2)29(3)22(31)32-17-11-26-20(27-19(17)24)18-15-8-6-10-25-21(15)30(28-18)12-14-7-4-5-9-16(14)23/h4-11,13H,12H2,1-3H3,(H2,24,26,27). The highest BCUT2D eigenvalue weighted by Gasteiger charge is 2.20. The lowest BCUT2D eigenvalue weighted by Gasteiger charge is -2.20. The van der Waals surface area contributed by atoms with Crippen LogP contribution in [-0.2, 0) is 6.54 Å². The number of nitrogens with zero attached hydrogens (tertiary/aromatic N) is 6. The highest BCUT2D eigenvalue weighted by molar-refractivity contribution is 5.89. The summed E-state index contributed by atoms with van der Waals surface area (Å²) in [5.41, 5.74) is 7.50. The van der Waals surface area contributed by atoms with Gasteiger partial charge in [0, 0.05) is 24.8 Å². The Hall–Kier alpha value is -4.08. The van der Waals surface area contributed by atoms with Crippen molar-refractivity contribution in [1.29, 1.82) is 0 Å². The van der Waals surface area contributed by atoms with E-state index in [1.54, 1.807) is 42.2 Å². The van der Waals surface area contributed by atoms with E-state index in [2.05, 4.69) is 20.1 Å². The smallest absolute Gasteiger partial charge is 0.405 e. The number of ether oxygens (including phenoxy) is 1. The Labute approximate surface area is 183 Å². The number of nitrogens with two attached hydrogens (primary N) is 1. The summed E-state index contributed by atoms with van der Waals surface area (Å²) in [7, 11) is 1.62. The molecule has 0 bridgehead atoms. The molecule has 0 aliphatic rings. The predicted molar refractivity (Wildman–Crippen MR) is 117 cm³/mol. The number of pyridine rings is 1. The maximum atomic E-state index is 14.2. The van der Waals surface area contributed by atoms with Gasteiger partial charge in [0.1, 0.15) is 11.5 Å². The van der Waals surface area contributed by atoms with Crippen LogP contribution in [0.3, 0.4) is 0 Å². The molecule has 0 atom stereocenters. The number of aromatic nitrogens is 5. The van der Waals surface area contributed by atoms with Gasteiger partial charge in [-0.25, -0.2) is 28.8 Å². The molecule has 0 fully saturated rings. The molecule has 0 aliphatic heterocycles. The zero-order valence-electron chi connectivity index (χ0n) is 17.9. The Balaban J connectivity index is 1.69. The number of carbonyl (C=O) groups excluding carboxylic acids is 1. The van der Waals surface area contributed by atoms with Crippen LogP contribution in [0, 0.1) is 5.82 Å². The number of rotatable bonds is 5. The minimum Gasteiger partial charge on any atom is -0.405 e. The quantitative estimate of drug-likeness (QED) is 0.511. The van der Waals surface area contributed by atoms with E-state index < -0.39 is 6.09 Å². The van der Waals surface area contributed by atoms with E-state index in [1.165, 1.54) is 17.2 Å². The zero-order chi connectivity index (χ0) is 22.8. The highest BCUT2D eigenvalue weighted by atomic mass is 19.1. The average Bonchev–Trinajstić information content (AvgIpc) is 3.14. The highest BCUT2D eigenvalue weighted by Crippen LogP contribution is 2.28. The molecule has 2 N–H and O–H groups in total. The number of carbonyl (C=O) groups is 1. The molecule has 10 heteroatoms. The van der Waals surface area contributed by atoms with E-state index in [1.807, 2.05) is 19.9 Å². The molecule has 32 heavy (non-hydrogen) atoms. The van der Waals surface area contributed by atoms with Crippen molar-refractivity contribution in [3.05, 3.63) is 60.2 Å². The van der Waals surface area contributed by atoms with Crippen LogP contribution in [0.25, 0.3) is 22.6 Å². The Morgan fingerprint density at radius 2 is 2.00 bits per heavy atom. The first-order valence-electron chi connectivity index (χ1n) is 9.97. The van der Waals surface area contributed by atoms with Crippen LogP contribution in [0.1, 0.15) is 19.4 Å². The van der Waals surface area contributed by atoms with Gasteiger partial charge in [-0.1, -0.05) is 18.2 Å². The van der Waals surface area contributed by atoms with Gasteiger partial charge in [-0.2, -0.15) is 5.10 Å². The van der Waals surface area contributed by atoms with Gasteiger partial charge in [0.05, 0.1) is 18.1 Å². The molecule has 1 amide bonds. The third kappa shape index (κ3) is 4.07. The molecule has 3 aromatic heterocycles. The maximum absolute atomic E-state index is 14.2. The largest absolute Gasteiger partial charge is 0.415 e. The van der Waals surface area contributed by atoms with E-state index in [4.69, 9.17) is 10.5 Å². The average molecular weight is 435 g/mol. The van der Waals surface area contributed by atoms with Crippen molar-refractivity contribution in [2.24, 2.45) is 0 Å². The summed E-state index contributed by atoms with van der Waals surface area (Å²) in [5.74, 6) is -0.0304. The van der Waals surface area contributed by atoms with Crippen molar-refractivity contribution in [3.63, 3.8) is 0 Å². The van der Waals surface area contributed by atoms with Crippen molar-refractivity contribution in [2.45, 2.75) is 26.4 Å². The maximum Gasteiger partial charge on any atom is 0.415 e. The third-order valence-corrected chi connectivity index (χ3v) is 5.04. The number of hydrogen-bond donors (Lipinski definition) is 1. The van der Waals surface area contributed by atoms with Gasteiger partial charge in [-0.15, -0.1) is 0 Å². The number of anilines is 1. The first-order chi connectivity index (χ1) is 15.3. The second-order valence-corrected chi connectivity index (χ2v) is 7.49. The van der Waals surface area contributed by atoms with E-state index in [0.29, 0.717) is 22.3 Å². The molecule has 9 nitrogen and oxygen atoms in total. The van der Waals surface area contributed by atoms with Crippen molar-refractivity contribution >= 4 is 22.9 Å². The van der Waals surface area contributed by atoms with Crippen LogP contribution in [0.15, 0.2) is 48.8 Å². The summed E-state index contributed by atoms with van der Waals surface area (Å²) in [6.45, 7) is 3.91. The Morgan fingerprint density at radius 3 is 2.72 bits per heavy atom. The molecule has 0 saturated heterocycles. The summed E-state index contributed by atoms with van der Waals surface area (Å²) in [5, 5.41) is 5.26. The number of halogens is 1. The van der Waals surface area contributed by atoms with E-state index in [9.17, 15) is 9.18 Å². The molecule has 3 heterocycles. The van der Waals surface area contributed by atoms with Crippen molar-refractivity contribution < 1.29 is 13.9 Å². The summed E-state index contributed by atoms with van der Waals surface area (Å²) < 4.78 is 21.1. The molecule has 0 spiro atoms. The number of nitrogen functional groups attached to an aromatic ring is 1. The Bertz CT molecular complexity index is 1290. The molecule has 0 saturated carbocycles. The fourth-order valence-corrected chi connectivity index (χ4v) is 3.03. The van der Waals surface area contributed by atoms with Gasteiger partial charge < -0.3 is 15.4 Å². The van der Waals surface area contributed by atoms with Crippen molar-refractivity contribution in [1.82, 2.24) is 29.6 Å². The monoisotopic (exact) mass is 435 g/mol. The topological polar surface area (TPSA) is 112 Å². The third-order valence-electron chi connectivity index (χ3n) is 5.04. The lowest BCUT2D eigenvalue weighted by molar-refractivity contribution is 0.152. The SMILES string of the molecule is CC(C)N(C)C(=O)Oc1cnc(-c2nn(Cc3ccccc3F)c3ncccc23)nc1N. The van der Waals surface area contributed by atoms with Crippen molar-refractivity contribution in [3.8, 4) is 17.3 Å². The van der Waals surface area contributed by atoms with E-state index in [0.717, 1.165) is 0 Å². The van der Waals surface area contributed by atoms with Crippen LogP contribution >= 0.6 is 0 Å². The van der Waals surface area contributed by atoms with E-state index in [-0.39, 0.29) is 35.8 Å². The summed E-state index contributed by atoms with van der Waals surface area (Å²) in [6, 6.07) is 10.0. The number of amides is 1. The first-order valence-corrected chi connectivity index (χ1v) is 9.97. The Morgan fingerprint density at radius 1 is 1.22 bits per heavy atom. The van der Waals surface area contributed by atoms with Gasteiger partial charge >= 0.3 is 6.09 Å². The molecule has 0 aliphatic carbocycles. The molecule has 0 unspecified atom stereocenters. The normalized spacial score (nSPS) is 11.2. The number of hydrogen-bond acceptors (Lipinski definition) is 7. The van der Waals surface area contributed by atoms with Gasteiger partial charge in [0.2, 0.25) is 0 Å². The van der Waals surface area contributed by atoms with Gasteiger partial charge in [-0.3, -0.25) is 0 Å². The van der Waals surface area contributed by atoms with Gasteiger partial charge in [0.15, 0.2) is 23.0 Å². The lowest BCUT2D eigenvalue weighted by Crippen LogP contribution is -2.35. The second kappa shape index (κ2) is 8.58. The molecular formula is C22H22FN7O2. The number of fused-ring (bicyclic) bond motifs is 1. The van der Waals surface area contributed by atoms with Crippen LogP contribution in [0.4, 0.5) is 15.0 Å². The lowest BCUT2D eigenvalue weighted by atomic mass is 10.2. The molecule has 4 aromatic rings. The molecule has 0 radical (unpaired) electrons. The van der Waals surface area contributed by atoms with Crippen LogP contribution in [0.5, 0.6) is 5.75 Å². The minimum absolute atomic E-state index is 0.00111. The fraction of sp³-hybridized carbons (Fsp3) is 0.227. The first kappa shape index (κ1) is 21.2. The van der Waals surface area contributed by atoms with Crippen LogP contribution in [0.2, 0.25) is 0 Å². The van der Waals surface area contributed by atoms with Gasteiger partial charge in [-0.05, 0) is 32.0 Å². The summed E-state index contributed by atoms with van der Waals surface area (Å²) in [4.78, 5) is 26.6. The summed E-state index contributed by atoms with van der Waals surface area (Å²) >= 11 is 0. The van der Waals surface area contributed by atoms with Crippen molar-refractivity contribution in [2.75, 3.05) is 12.8 Å². The molecule has 164 valence electrons. The second-order valence-electron chi connectivity index (χ2n) is 7.49. The number of benzene rings is 1. The zero-order valence-corrected chi connectivity index (χ0v) is 17.9. The Kier molecular flexibility index (Phi) is 5.67. The minimum atomic E-state index is -0.563. The molecular weight excluding hydrogens is 413 g/mol.